The number of rotatable bonds is 9. The number of hydrogen-bond acceptors (Lipinski definition) is 5. The third-order valence-corrected chi connectivity index (χ3v) is 5.84. The number of hydrogen-bond donors (Lipinski definition) is 1. The zero-order chi connectivity index (χ0) is 20.5. The molecular weight excluding hydrogens is 368 g/mol. The summed E-state index contributed by atoms with van der Waals surface area (Å²) in [5, 5.41) is 3.61. The maximum absolute atomic E-state index is 5.70. The Morgan fingerprint density at radius 1 is 1.14 bits per heavy atom. The first-order valence-corrected chi connectivity index (χ1v) is 10.6. The molecule has 3 rings (SSSR count). The topological polar surface area (TPSA) is 58.6 Å². The average molecular weight is 405 g/mol. The molecule has 0 amide bonds. The van der Waals surface area contributed by atoms with Crippen LogP contribution in [0, 0.1) is 11.8 Å². The van der Waals surface area contributed by atoms with Crippen LogP contribution in [-0.2, 0) is 9.47 Å². The molecule has 29 heavy (non-hydrogen) atoms. The predicted molar refractivity (Wildman–Crippen MR) is 117 cm³/mol. The molecule has 2 heterocycles. The van der Waals surface area contributed by atoms with Crippen molar-refractivity contribution in [2.24, 2.45) is 16.8 Å². The lowest BCUT2D eigenvalue weighted by Crippen LogP contribution is -2.42. The molecule has 7 heteroatoms. The monoisotopic (exact) mass is 404 g/mol. The van der Waals surface area contributed by atoms with E-state index in [2.05, 4.69) is 38.3 Å². The molecule has 1 aromatic rings. The van der Waals surface area contributed by atoms with Crippen LogP contribution < -0.4 is 15.0 Å². The van der Waals surface area contributed by atoms with Crippen LogP contribution in [0.15, 0.2) is 29.3 Å². The average Bonchev–Trinajstić information content (AvgIpc) is 3.42. The van der Waals surface area contributed by atoms with Gasteiger partial charge < -0.3 is 29.3 Å². The van der Waals surface area contributed by atoms with Crippen LogP contribution in [0.2, 0.25) is 0 Å². The molecule has 0 saturated carbocycles. The zero-order valence-electron chi connectivity index (χ0n) is 18.1. The van der Waals surface area contributed by atoms with Gasteiger partial charge in [0.25, 0.3) is 0 Å². The predicted octanol–water partition coefficient (Wildman–Crippen LogP) is 2.08. The molecule has 0 aromatic heterocycles. The Morgan fingerprint density at radius 2 is 2.00 bits per heavy atom. The van der Waals surface area contributed by atoms with Crippen LogP contribution in [-0.4, -0.2) is 84.7 Å². The second kappa shape index (κ2) is 11.3. The molecule has 0 bridgehead atoms. The number of anilines is 1. The van der Waals surface area contributed by atoms with E-state index in [0.717, 1.165) is 57.5 Å². The fourth-order valence-corrected chi connectivity index (χ4v) is 4.16. The minimum absolute atomic E-state index is 0.570. The van der Waals surface area contributed by atoms with Gasteiger partial charge in [-0.1, -0.05) is 6.07 Å². The molecule has 2 unspecified atom stereocenters. The highest BCUT2D eigenvalue weighted by molar-refractivity contribution is 5.80. The smallest absolute Gasteiger partial charge is 0.193 e. The van der Waals surface area contributed by atoms with Crippen molar-refractivity contribution in [3.8, 4) is 5.75 Å². The highest BCUT2D eigenvalue weighted by Gasteiger charge is 2.27. The Balaban J connectivity index is 1.41. The van der Waals surface area contributed by atoms with Gasteiger partial charge in [0, 0.05) is 64.6 Å². The molecule has 2 aliphatic rings. The number of ether oxygens (including phenoxy) is 3. The molecule has 0 aliphatic carbocycles. The van der Waals surface area contributed by atoms with Crippen LogP contribution in [0.25, 0.3) is 0 Å². The van der Waals surface area contributed by atoms with E-state index in [1.165, 1.54) is 12.1 Å². The number of benzene rings is 1. The van der Waals surface area contributed by atoms with Crippen LogP contribution in [0.4, 0.5) is 5.69 Å². The van der Waals surface area contributed by atoms with Gasteiger partial charge in [0.15, 0.2) is 5.96 Å². The Morgan fingerprint density at radius 3 is 2.79 bits per heavy atom. The summed E-state index contributed by atoms with van der Waals surface area (Å²) >= 11 is 0. The van der Waals surface area contributed by atoms with Gasteiger partial charge >= 0.3 is 0 Å². The zero-order valence-corrected chi connectivity index (χ0v) is 18.1. The second-order valence-corrected chi connectivity index (χ2v) is 7.90. The lowest BCUT2D eigenvalue weighted by Gasteiger charge is -2.24. The molecule has 162 valence electrons. The third-order valence-electron chi connectivity index (χ3n) is 5.84. The Kier molecular flexibility index (Phi) is 8.43. The van der Waals surface area contributed by atoms with Crippen molar-refractivity contribution in [1.82, 2.24) is 10.2 Å². The molecule has 2 saturated heterocycles. The number of likely N-dealkylation sites (tertiary alicyclic amines) is 1. The van der Waals surface area contributed by atoms with Crippen molar-refractivity contribution >= 4 is 11.6 Å². The normalized spacial score (nSPS) is 22.4. The molecule has 2 atom stereocenters. The summed E-state index contributed by atoms with van der Waals surface area (Å²) < 4.78 is 16.1. The first kappa shape index (κ1) is 21.7. The summed E-state index contributed by atoms with van der Waals surface area (Å²) in [4.78, 5) is 9.32. The van der Waals surface area contributed by atoms with Gasteiger partial charge in [0.1, 0.15) is 5.75 Å². The van der Waals surface area contributed by atoms with E-state index >= 15 is 0 Å². The van der Waals surface area contributed by atoms with Gasteiger partial charge in [-0.3, -0.25) is 4.99 Å². The maximum atomic E-state index is 5.70. The lowest BCUT2D eigenvalue weighted by molar-refractivity contribution is 0.0536. The van der Waals surface area contributed by atoms with Gasteiger partial charge in [-0.25, -0.2) is 0 Å². The van der Waals surface area contributed by atoms with Gasteiger partial charge in [-0.15, -0.1) is 0 Å². The van der Waals surface area contributed by atoms with Crippen molar-refractivity contribution < 1.29 is 14.2 Å². The molecule has 2 aliphatic heterocycles. The SMILES string of the molecule is CN=C(NCC1CCN(c2cccc(OC)c2)C1)N1CCC(COCCOC)C1. The summed E-state index contributed by atoms with van der Waals surface area (Å²) in [6.07, 6.45) is 2.35. The van der Waals surface area contributed by atoms with E-state index in [1.54, 1.807) is 14.2 Å². The van der Waals surface area contributed by atoms with Gasteiger partial charge in [-0.05, 0) is 30.9 Å². The van der Waals surface area contributed by atoms with Crippen molar-refractivity contribution in [2.75, 3.05) is 78.7 Å². The van der Waals surface area contributed by atoms with Crippen LogP contribution in [0.3, 0.4) is 0 Å². The van der Waals surface area contributed by atoms with E-state index in [9.17, 15) is 0 Å². The van der Waals surface area contributed by atoms with E-state index in [-0.39, 0.29) is 0 Å². The minimum atomic E-state index is 0.570. The second-order valence-electron chi connectivity index (χ2n) is 7.90. The number of aliphatic imine (C=N–C) groups is 1. The number of methoxy groups -OCH3 is 2. The fourth-order valence-electron chi connectivity index (χ4n) is 4.16. The van der Waals surface area contributed by atoms with Gasteiger partial charge in [0.2, 0.25) is 0 Å². The summed E-state index contributed by atoms with van der Waals surface area (Å²) in [5.74, 6) is 3.12. The standard InChI is InChI=1S/C22H36N4O3/c1-23-22(26-10-8-19(16-26)17-29-12-11-27-2)24-14-18-7-9-25(15-18)20-5-4-6-21(13-20)28-3/h4-6,13,18-19H,7-12,14-17H2,1-3H3,(H,23,24). The van der Waals surface area contributed by atoms with Crippen molar-refractivity contribution in [3.63, 3.8) is 0 Å². The van der Waals surface area contributed by atoms with E-state index < -0.39 is 0 Å². The molecule has 0 radical (unpaired) electrons. The minimum Gasteiger partial charge on any atom is -0.497 e. The van der Waals surface area contributed by atoms with Crippen molar-refractivity contribution in [3.05, 3.63) is 24.3 Å². The number of nitrogens with one attached hydrogen (secondary N) is 1. The first-order chi connectivity index (χ1) is 14.2. The molecule has 7 nitrogen and oxygen atoms in total. The number of nitrogens with zero attached hydrogens (tertiary/aromatic N) is 3. The van der Waals surface area contributed by atoms with E-state index in [4.69, 9.17) is 14.2 Å². The summed E-state index contributed by atoms with van der Waals surface area (Å²) in [6.45, 7) is 7.29. The van der Waals surface area contributed by atoms with Crippen molar-refractivity contribution in [1.29, 1.82) is 0 Å². The number of guanidine groups is 1. The van der Waals surface area contributed by atoms with E-state index in [1.807, 2.05) is 13.1 Å². The van der Waals surface area contributed by atoms with Crippen molar-refractivity contribution in [2.45, 2.75) is 12.8 Å². The highest BCUT2D eigenvalue weighted by Crippen LogP contribution is 2.26. The maximum Gasteiger partial charge on any atom is 0.193 e. The molecular formula is C22H36N4O3. The van der Waals surface area contributed by atoms with Crippen LogP contribution in [0.1, 0.15) is 12.8 Å². The largest absolute Gasteiger partial charge is 0.497 e. The molecule has 1 N–H and O–H groups in total. The lowest BCUT2D eigenvalue weighted by atomic mass is 10.1. The molecule has 1 aromatic carbocycles. The van der Waals surface area contributed by atoms with Crippen LogP contribution in [0.5, 0.6) is 5.75 Å². The van der Waals surface area contributed by atoms with Crippen LogP contribution >= 0.6 is 0 Å². The summed E-state index contributed by atoms with van der Waals surface area (Å²) in [5.41, 5.74) is 1.24. The fraction of sp³-hybridized carbons (Fsp3) is 0.682. The third kappa shape index (κ3) is 6.24. The Hall–Kier alpha value is -1.99. The summed E-state index contributed by atoms with van der Waals surface area (Å²) in [7, 11) is 5.30. The molecule has 2 fully saturated rings. The quantitative estimate of drug-likeness (QED) is 0.386. The van der Waals surface area contributed by atoms with E-state index in [0.29, 0.717) is 25.0 Å². The Bertz CT molecular complexity index is 655. The summed E-state index contributed by atoms with van der Waals surface area (Å²) in [6, 6.07) is 8.34. The molecule has 0 spiro atoms. The van der Waals surface area contributed by atoms with Gasteiger partial charge in [-0.2, -0.15) is 0 Å². The van der Waals surface area contributed by atoms with Gasteiger partial charge in [0.05, 0.1) is 26.9 Å². The highest BCUT2D eigenvalue weighted by atomic mass is 16.5. The first-order valence-electron chi connectivity index (χ1n) is 10.6. The Labute approximate surface area is 175 Å².